The number of nitrogens with one attached hydrogen (secondary N) is 1. The van der Waals surface area contributed by atoms with Crippen LogP contribution in [0.15, 0.2) is 35.7 Å². The van der Waals surface area contributed by atoms with Crippen LogP contribution in [0.25, 0.3) is 0 Å². The number of anilines is 1. The minimum Gasteiger partial charge on any atom is -0.351 e. The van der Waals surface area contributed by atoms with E-state index in [1.807, 2.05) is 17.5 Å². The van der Waals surface area contributed by atoms with Gasteiger partial charge in [-0.25, -0.2) is 4.39 Å². The first-order valence-corrected chi connectivity index (χ1v) is 8.94. The number of halogens is 1. The second-order valence-electron chi connectivity index (χ2n) is 5.73. The van der Waals surface area contributed by atoms with Crippen LogP contribution in [-0.2, 0) is 11.2 Å². The molecule has 6 heteroatoms. The van der Waals surface area contributed by atoms with E-state index in [4.69, 9.17) is 0 Å². The van der Waals surface area contributed by atoms with E-state index in [9.17, 15) is 14.0 Å². The third kappa shape index (κ3) is 3.64. The number of rotatable bonds is 5. The summed E-state index contributed by atoms with van der Waals surface area (Å²) >= 11 is 1.38. The summed E-state index contributed by atoms with van der Waals surface area (Å²) in [5.41, 5.74) is 1.32. The minimum absolute atomic E-state index is 0.0913. The molecule has 4 nitrogen and oxygen atoms in total. The van der Waals surface area contributed by atoms with Crippen LogP contribution in [0.2, 0.25) is 0 Å². The van der Waals surface area contributed by atoms with Crippen molar-refractivity contribution in [3.8, 4) is 0 Å². The summed E-state index contributed by atoms with van der Waals surface area (Å²) in [6.45, 7) is 0.981. The fraction of sp³-hybridized carbons (Fsp3) is 0.333. The molecule has 0 atom stereocenters. The van der Waals surface area contributed by atoms with Crippen LogP contribution in [0, 0.1) is 5.82 Å². The molecule has 0 unspecified atom stereocenters. The quantitative estimate of drug-likeness (QED) is 0.844. The van der Waals surface area contributed by atoms with Gasteiger partial charge in [0.1, 0.15) is 5.82 Å². The largest absolute Gasteiger partial charge is 0.351 e. The Balaban J connectivity index is 1.52. The number of hydrogen-bond donors (Lipinski definition) is 1. The summed E-state index contributed by atoms with van der Waals surface area (Å²) in [6.07, 6.45) is 2.47. The first-order valence-electron chi connectivity index (χ1n) is 8.06. The smallest absolute Gasteiger partial charge is 0.261 e. The van der Waals surface area contributed by atoms with Gasteiger partial charge in [-0.2, -0.15) is 0 Å². The Morgan fingerprint density at radius 1 is 1.25 bits per heavy atom. The van der Waals surface area contributed by atoms with Crippen molar-refractivity contribution in [1.82, 2.24) is 5.32 Å². The predicted molar refractivity (Wildman–Crippen MR) is 93.0 cm³/mol. The number of carbonyl (C=O) groups excluding carboxylic acids is 2. The van der Waals surface area contributed by atoms with Crippen molar-refractivity contribution >= 4 is 28.8 Å². The van der Waals surface area contributed by atoms with Crippen LogP contribution >= 0.6 is 11.3 Å². The molecular weight excluding hydrogens is 327 g/mol. The second kappa shape index (κ2) is 7.57. The van der Waals surface area contributed by atoms with E-state index in [2.05, 4.69) is 5.32 Å². The Morgan fingerprint density at radius 3 is 2.92 bits per heavy atom. The molecule has 0 radical (unpaired) electrons. The molecule has 1 aromatic heterocycles. The topological polar surface area (TPSA) is 49.4 Å². The van der Waals surface area contributed by atoms with Gasteiger partial charge in [0.05, 0.1) is 10.6 Å². The maximum atomic E-state index is 14.1. The van der Waals surface area contributed by atoms with E-state index in [-0.39, 0.29) is 17.6 Å². The minimum atomic E-state index is -0.341. The number of para-hydroxylation sites is 1. The Morgan fingerprint density at radius 2 is 2.12 bits per heavy atom. The molecule has 1 N–H and O–H groups in total. The van der Waals surface area contributed by atoms with Crippen LogP contribution in [0.5, 0.6) is 0 Å². The van der Waals surface area contributed by atoms with Crippen molar-refractivity contribution in [3.05, 3.63) is 52.0 Å². The van der Waals surface area contributed by atoms with Gasteiger partial charge in [0.2, 0.25) is 5.91 Å². The summed E-state index contributed by atoms with van der Waals surface area (Å²) in [6, 6.07) is 8.54. The highest BCUT2D eigenvalue weighted by atomic mass is 32.1. The zero-order valence-corrected chi connectivity index (χ0v) is 14.1. The van der Waals surface area contributed by atoms with E-state index in [1.54, 1.807) is 17.0 Å². The lowest BCUT2D eigenvalue weighted by Crippen LogP contribution is -2.36. The molecular formula is C18H19FN2O2S. The molecule has 2 aromatic rings. The maximum absolute atomic E-state index is 14.1. The predicted octanol–water partition coefficient (Wildman–Crippen LogP) is 3.38. The average Bonchev–Trinajstić information content (AvgIpc) is 3.13. The molecule has 0 spiro atoms. The number of amides is 2. The highest BCUT2D eigenvalue weighted by molar-refractivity contribution is 7.12. The van der Waals surface area contributed by atoms with Crippen molar-refractivity contribution in [1.29, 1.82) is 0 Å². The van der Waals surface area contributed by atoms with Gasteiger partial charge >= 0.3 is 0 Å². The molecule has 2 amide bonds. The summed E-state index contributed by atoms with van der Waals surface area (Å²) < 4.78 is 14.1. The van der Waals surface area contributed by atoms with Gasteiger partial charge in [0.25, 0.3) is 5.91 Å². The highest BCUT2D eigenvalue weighted by Gasteiger charge is 2.25. The van der Waals surface area contributed by atoms with Crippen molar-refractivity contribution in [2.45, 2.75) is 25.7 Å². The van der Waals surface area contributed by atoms with Crippen LogP contribution < -0.4 is 10.2 Å². The first-order chi connectivity index (χ1) is 11.7. The van der Waals surface area contributed by atoms with E-state index in [1.165, 1.54) is 17.4 Å². The molecule has 0 saturated heterocycles. The van der Waals surface area contributed by atoms with E-state index in [0.29, 0.717) is 36.5 Å². The molecule has 0 bridgehead atoms. The molecule has 0 aliphatic carbocycles. The first kappa shape index (κ1) is 16.6. The van der Waals surface area contributed by atoms with E-state index in [0.717, 1.165) is 18.4 Å². The Labute approximate surface area is 144 Å². The number of aryl methyl sites for hydroxylation is 1. The number of thiophene rings is 1. The standard InChI is InChI=1S/C18H19FN2O2S/c19-14-7-1-5-13-6-3-11-21(17(13)14)16(22)9-2-10-20-18(23)15-8-4-12-24-15/h1,4-5,7-8,12H,2-3,6,9-11H2,(H,20,23). The number of hydrogen-bond acceptors (Lipinski definition) is 3. The van der Waals surface area contributed by atoms with Crippen LogP contribution in [0.1, 0.15) is 34.5 Å². The Kier molecular flexibility index (Phi) is 5.25. The van der Waals surface area contributed by atoms with Gasteiger partial charge < -0.3 is 10.2 Å². The number of nitrogens with zero attached hydrogens (tertiary/aromatic N) is 1. The van der Waals surface area contributed by atoms with Crippen molar-refractivity contribution in [2.24, 2.45) is 0 Å². The lowest BCUT2D eigenvalue weighted by atomic mass is 10.0. The van der Waals surface area contributed by atoms with Crippen LogP contribution in [0.3, 0.4) is 0 Å². The normalized spacial score (nSPS) is 13.5. The third-order valence-electron chi connectivity index (χ3n) is 4.07. The monoisotopic (exact) mass is 346 g/mol. The van der Waals surface area contributed by atoms with Gasteiger partial charge in [0, 0.05) is 19.5 Å². The third-order valence-corrected chi connectivity index (χ3v) is 4.94. The lowest BCUT2D eigenvalue weighted by Gasteiger charge is -2.30. The highest BCUT2D eigenvalue weighted by Crippen LogP contribution is 2.30. The molecule has 0 saturated carbocycles. The van der Waals surface area contributed by atoms with Gasteiger partial charge in [-0.1, -0.05) is 18.2 Å². The summed E-state index contributed by atoms with van der Waals surface area (Å²) in [4.78, 5) is 26.5. The molecule has 126 valence electrons. The molecule has 24 heavy (non-hydrogen) atoms. The number of fused-ring (bicyclic) bond motifs is 1. The zero-order valence-electron chi connectivity index (χ0n) is 13.3. The fourth-order valence-electron chi connectivity index (χ4n) is 2.92. The van der Waals surface area contributed by atoms with Crippen molar-refractivity contribution in [3.63, 3.8) is 0 Å². The van der Waals surface area contributed by atoms with Crippen LogP contribution in [-0.4, -0.2) is 24.9 Å². The van der Waals surface area contributed by atoms with Gasteiger partial charge in [-0.3, -0.25) is 9.59 Å². The number of carbonyl (C=O) groups is 2. The van der Waals surface area contributed by atoms with Crippen molar-refractivity contribution in [2.75, 3.05) is 18.0 Å². The van der Waals surface area contributed by atoms with Gasteiger partial charge in [0.15, 0.2) is 0 Å². The SMILES string of the molecule is O=C(NCCCC(=O)N1CCCc2cccc(F)c21)c1cccs1. The molecule has 2 heterocycles. The summed E-state index contributed by atoms with van der Waals surface area (Å²) in [7, 11) is 0. The maximum Gasteiger partial charge on any atom is 0.261 e. The van der Waals surface area contributed by atoms with Gasteiger partial charge in [-0.15, -0.1) is 11.3 Å². The van der Waals surface area contributed by atoms with Gasteiger partial charge in [-0.05, 0) is 42.3 Å². The fourth-order valence-corrected chi connectivity index (χ4v) is 3.56. The molecule has 1 aliphatic heterocycles. The lowest BCUT2D eigenvalue weighted by molar-refractivity contribution is -0.118. The average molecular weight is 346 g/mol. The molecule has 1 aromatic carbocycles. The van der Waals surface area contributed by atoms with Crippen molar-refractivity contribution < 1.29 is 14.0 Å². The zero-order chi connectivity index (χ0) is 16.9. The molecule has 1 aliphatic rings. The second-order valence-corrected chi connectivity index (χ2v) is 6.68. The Hall–Kier alpha value is -2.21. The molecule has 3 rings (SSSR count). The van der Waals surface area contributed by atoms with E-state index < -0.39 is 0 Å². The summed E-state index contributed by atoms with van der Waals surface area (Å²) in [5, 5.41) is 4.65. The molecule has 0 fully saturated rings. The Bertz CT molecular complexity index is 731. The van der Waals surface area contributed by atoms with Crippen LogP contribution in [0.4, 0.5) is 10.1 Å². The van der Waals surface area contributed by atoms with E-state index >= 15 is 0 Å². The summed E-state index contributed by atoms with van der Waals surface area (Å²) in [5.74, 6) is -0.551. The number of benzene rings is 1.